The number of unbranched alkanes of at least 4 members (excludes halogenated alkanes) is 13. The maximum absolute atomic E-state index is 12.1. The van der Waals surface area contributed by atoms with E-state index in [1.165, 1.54) is 88.8 Å². The number of sulfonamides is 1. The van der Waals surface area contributed by atoms with Gasteiger partial charge in [0.1, 0.15) is 0 Å². The molecule has 0 aliphatic carbocycles. The van der Waals surface area contributed by atoms with Crippen LogP contribution in [0.3, 0.4) is 0 Å². The van der Waals surface area contributed by atoms with Gasteiger partial charge in [-0.3, -0.25) is 0 Å². The number of esters is 1. The Morgan fingerprint density at radius 2 is 1.24 bits per heavy atom. The van der Waals surface area contributed by atoms with Crippen molar-refractivity contribution in [3.8, 4) is 0 Å². The van der Waals surface area contributed by atoms with Crippen LogP contribution in [-0.4, -0.2) is 21.0 Å². The van der Waals surface area contributed by atoms with Crippen molar-refractivity contribution in [1.29, 1.82) is 0 Å². The lowest BCUT2D eigenvalue weighted by Gasteiger charge is -2.08. The summed E-state index contributed by atoms with van der Waals surface area (Å²) in [5.41, 5.74) is -0.0622. The first kappa shape index (κ1) is 25.6. The van der Waals surface area contributed by atoms with Crippen molar-refractivity contribution in [2.75, 3.05) is 6.61 Å². The van der Waals surface area contributed by atoms with Crippen molar-refractivity contribution in [3.63, 3.8) is 0 Å². The number of ether oxygens (including phenoxy) is 1. The van der Waals surface area contributed by atoms with Crippen molar-refractivity contribution in [2.45, 2.75) is 102 Å². The topological polar surface area (TPSA) is 84.2 Å². The lowest BCUT2D eigenvalue weighted by molar-refractivity contribution is 0.0493. The molecule has 0 aliphatic heterocycles. The molecule has 165 valence electrons. The van der Waals surface area contributed by atoms with Gasteiger partial charge < -0.3 is 4.74 Å². The molecule has 29 heavy (non-hydrogen) atoms. The predicted octanol–water partition coefficient (Wildman–Crippen LogP) is 6.30. The molecule has 0 fully saturated rings. The van der Waals surface area contributed by atoms with Crippen molar-refractivity contribution < 1.29 is 17.9 Å². The highest BCUT2D eigenvalue weighted by molar-refractivity contribution is 7.88. The first-order valence-corrected chi connectivity index (χ1v) is 12.7. The van der Waals surface area contributed by atoms with E-state index in [9.17, 15) is 13.2 Å². The van der Waals surface area contributed by atoms with Gasteiger partial charge in [0.05, 0.1) is 17.1 Å². The molecule has 0 aliphatic rings. The normalized spacial score (nSPS) is 11.5. The Morgan fingerprint density at radius 3 is 1.72 bits per heavy atom. The Hall–Kier alpha value is -1.40. The fourth-order valence-corrected chi connectivity index (χ4v) is 4.11. The van der Waals surface area contributed by atoms with E-state index in [4.69, 9.17) is 9.88 Å². The quantitative estimate of drug-likeness (QED) is 0.217. The zero-order valence-electron chi connectivity index (χ0n) is 18.0. The van der Waals surface area contributed by atoms with Crippen molar-refractivity contribution in [3.05, 3.63) is 29.8 Å². The third-order valence-corrected chi connectivity index (χ3v) is 6.06. The molecule has 5 nitrogen and oxygen atoms in total. The molecule has 0 spiro atoms. The van der Waals surface area contributed by atoms with Crippen LogP contribution in [0.2, 0.25) is 0 Å². The molecule has 1 aromatic rings. The third kappa shape index (κ3) is 12.0. The van der Waals surface area contributed by atoms with Gasteiger partial charge in [-0.05, 0) is 18.6 Å². The highest BCUT2D eigenvalue weighted by Gasteiger charge is 2.20. The molecular formula is C23H38NO4S. The van der Waals surface area contributed by atoms with Gasteiger partial charge >= 0.3 is 5.97 Å². The molecule has 0 saturated carbocycles. The molecule has 1 rings (SSSR count). The number of rotatable bonds is 17. The molecular weight excluding hydrogens is 386 g/mol. The van der Waals surface area contributed by atoms with Crippen molar-refractivity contribution >= 4 is 16.0 Å². The average molecular weight is 425 g/mol. The first-order chi connectivity index (χ1) is 14.0. The molecule has 1 N–H and O–H groups in total. The number of benzene rings is 1. The summed E-state index contributed by atoms with van der Waals surface area (Å²) >= 11 is 0. The van der Waals surface area contributed by atoms with Crippen LogP contribution >= 0.6 is 0 Å². The molecule has 0 aromatic heterocycles. The summed E-state index contributed by atoms with van der Waals surface area (Å²) in [6.07, 6.45) is 17.6. The summed E-state index contributed by atoms with van der Waals surface area (Å²) in [5.74, 6) is -0.675. The highest BCUT2D eigenvalue weighted by atomic mass is 32.2. The fourth-order valence-electron chi connectivity index (χ4n) is 3.41. The van der Waals surface area contributed by atoms with Crippen LogP contribution in [0.4, 0.5) is 0 Å². The molecule has 0 amide bonds. The van der Waals surface area contributed by atoms with Crippen LogP contribution in [0, 0.1) is 0 Å². The second-order valence-corrected chi connectivity index (χ2v) is 9.18. The number of carbonyl (C=O) groups is 1. The first-order valence-electron chi connectivity index (χ1n) is 11.2. The molecule has 0 unspecified atom stereocenters. The Bertz CT molecular complexity index is 673. The third-order valence-electron chi connectivity index (χ3n) is 5.13. The van der Waals surface area contributed by atoms with Gasteiger partial charge in [0.2, 0.25) is 0 Å². The lowest BCUT2D eigenvalue weighted by atomic mass is 10.0. The summed E-state index contributed by atoms with van der Waals surface area (Å²) in [7, 11) is -4.19. The minimum Gasteiger partial charge on any atom is -0.462 e. The van der Waals surface area contributed by atoms with Crippen molar-refractivity contribution in [1.82, 2.24) is 5.14 Å². The Morgan fingerprint density at radius 1 is 0.793 bits per heavy atom. The lowest BCUT2D eigenvalue weighted by Crippen LogP contribution is -2.13. The second kappa shape index (κ2) is 15.4. The SMILES string of the molecule is CCCCCCCCCCCCCCCCOC(=O)c1ccccc1S([NH])(=O)=O. The maximum Gasteiger partial charge on any atom is 0.339 e. The van der Waals surface area contributed by atoms with E-state index >= 15 is 0 Å². The van der Waals surface area contributed by atoms with Gasteiger partial charge in [0.15, 0.2) is 0 Å². The maximum atomic E-state index is 12.1. The minimum absolute atomic E-state index is 0.0622. The summed E-state index contributed by atoms with van der Waals surface area (Å²) in [6.45, 7) is 2.53. The summed E-state index contributed by atoms with van der Waals surface area (Å²) in [4.78, 5) is 11.8. The van der Waals surface area contributed by atoms with Crippen molar-refractivity contribution in [2.24, 2.45) is 0 Å². The van der Waals surface area contributed by atoms with E-state index < -0.39 is 16.0 Å². The highest BCUT2D eigenvalue weighted by Crippen LogP contribution is 2.16. The number of hydrogen-bond acceptors (Lipinski definition) is 4. The molecule has 6 heteroatoms. The van der Waals surface area contributed by atoms with Crippen LogP contribution in [0.1, 0.15) is 107 Å². The molecule has 0 saturated heterocycles. The van der Waals surface area contributed by atoms with Gasteiger partial charge in [-0.25, -0.2) is 13.2 Å². The van der Waals surface area contributed by atoms with E-state index in [0.29, 0.717) is 0 Å². The van der Waals surface area contributed by atoms with E-state index in [2.05, 4.69) is 6.92 Å². The number of hydrogen-bond donors (Lipinski definition) is 0. The second-order valence-electron chi connectivity index (χ2n) is 7.73. The Balaban J connectivity index is 2.01. The minimum atomic E-state index is -4.19. The zero-order chi connectivity index (χ0) is 21.4. The monoisotopic (exact) mass is 424 g/mol. The molecule has 0 bridgehead atoms. The molecule has 1 radical (unpaired) electrons. The molecule has 1 aromatic carbocycles. The van der Waals surface area contributed by atoms with Crippen LogP contribution in [0.25, 0.3) is 0 Å². The van der Waals surface area contributed by atoms with E-state index in [-0.39, 0.29) is 17.1 Å². The van der Waals surface area contributed by atoms with Gasteiger partial charge in [-0.15, -0.1) is 5.14 Å². The summed E-state index contributed by atoms with van der Waals surface area (Å²) < 4.78 is 28.0. The smallest absolute Gasteiger partial charge is 0.339 e. The van der Waals surface area contributed by atoms with E-state index in [1.54, 1.807) is 6.07 Å². The van der Waals surface area contributed by atoms with E-state index in [1.807, 2.05) is 0 Å². The van der Waals surface area contributed by atoms with Crippen LogP contribution < -0.4 is 5.14 Å². The number of nitrogens with one attached hydrogen (secondary N) is 1. The summed E-state index contributed by atoms with van der Waals surface area (Å²) in [6, 6.07) is 5.70. The Labute approximate surface area is 177 Å². The number of carbonyl (C=O) groups excluding carboxylic acids is 1. The van der Waals surface area contributed by atoms with Gasteiger partial charge in [-0.1, -0.05) is 103 Å². The van der Waals surface area contributed by atoms with Crippen LogP contribution in [0.15, 0.2) is 29.2 Å². The van der Waals surface area contributed by atoms with Gasteiger partial charge in [-0.2, -0.15) is 0 Å². The average Bonchev–Trinajstić information content (AvgIpc) is 2.70. The summed E-state index contributed by atoms with van der Waals surface area (Å²) in [5, 5.41) is 7.17. The van der Waals surface area contributed by atoms with E-state index in [0.717, 1.165) is 19.3 Å². The molecule has 0 heterocycles. The zero-order valence-corrected chi connectivity index (χ0v) is 18.8. The predicted molar refractivity (Wildman–Crippen MR) is 117 cm³/mol. The fraction of sp³-hybridized carbons (Fsp3) is 0.696. The molecule has 0 atom stereocenters. The standard InChI is InChI=1S/C23H38NO4S/c1-2-3-4-5-6-7-8-9-10-11-12-13-14-17-20-28-23(25)21-18-15-16-19-22(21)29(24,26)27/h15-16,18-19,24H,2-14,17,20H2,1H3. The van der Waals surface area contributed by atoms with Gasteiger partial charge in [0.25, 0.3) is 10.0 Å². The largest absolute Gasteiger partial charge is 0.462 e. The van der Waals surface area contributed by atoms with Gasteiger partial charge in [0, 0.05) is 0 Å². The van der Waals surface area contributed by atoms with Crippen LogP contribution in [0.5, 0.6) is 0 Å². The Kier molecular flexibility index (Phi) is 13.7. The van der Waals surface area contributed by atoms with Crippen LogP contribution in [-0.2, 0) is 14.8 Å².